The Balaban J connectivity index is 1.44. The Bertz CT molecular complexity index is 1030. The zero-order valence-corrected chi connectivity index (χ0v) is 13.9. The van der Waals surface area contributed by atoms with E-state index in [2.05, 4.69) is 25.8 Å². The number of benzene rings is 2. The van der Waals surface area contributed by atoms with Gasteiger partial charge in [-0.25, -0.2) is 0 Å². The number of nitrogens with one attached hydrogen (secondary N) is 1. The number of hydrogen-bond donors (Lipinski definition) is 1. The molecule has 2 heterocycles. The topological polar surface area (TPSA) is 76.7 Å². The van der Waals surface area contributed by atoms with Crippen LogP contribution in [-0.2, 0) is 6.61 Å². The van der Waals surface area contributed by atoms with E-state index in [1.165, 1.54) is 6.33 Å². The summed E-state index contributed by atoms with van der Waals surface area (Å²) in [6.45, 7) is 0.505. The number of aromatic nitrogens is 4. The van der Waals surface area contributed by atoms with Crippen LogP contribution >= 0.6 is 0 Å². The van der Waals surface area contributed by atoms with Crippen molar-refractivity contribution in [3.8, 4) is 5.75 Å². The Morgan fingerprint density at radius 3 is 2.77 bits per heavy atom. The van der Waals surface area contributed by atoms with Gasteiger partial charge in [-0.15, -0.1) is 15.3 Å². The van der Waals surface area contributed by atoms with Gasteiger partial charge in [-0.1, -0.05) is 42.5 Å². The number of ether oxygens (including phenoxy) is 1. The van der Waals surface area contributed by atoms with Gasteiger partial charge in [0.1, 0.15) is 18.7 Å². The third-order valence-corrected chi connectivity index (χ3v) is 3.70. The van der Waals surface area contributed by atoms with Crippen LogP contribution in [-0.4, -0.2) is 26.0 Å². The zero-order chi connectivity index (χ0) is 17.6. The van der Waals surface area contributed by atoms with Crippen LogP contribution in [0, 0.1) is 0 Å². The van der Waals surface area contributed by atoms with Crippen molar-refractivity contribution in [1.82, 2.24) is 19.8 Å². The molecule has 0 spiro atoms. The van der Waals surface area contributed by atoms with Crippen molar-refractivity contribution in [2.75, 3.05) is 5.43 Å². The van der Waals surface area contributed by atoms with Gasteiger partial charge in [0.25, 0.3) is 0 Å². The fourth-order valence-corrected chi connectivity index (χ4v) is 2.41. The van der Waals surface area contributed by atoms with Crippen LogP contribution in [0.2, 0.25) is 0 Å². The standard InChI is InChI=1S/C19H16N6O/c1-2-6-15(7-3-1)13-26-17-9-5-4-8-16(17)12-20-22-18-10-11-19-23-21-14-25(19)24-18/h1-12,14H,13H2,(H,22,24). The lowest BCUT2D eigenvalue weighted by Crippen LogP contribution is -2.00. The molecule has 0 amide bonds. The lowest BCUT2D eigenvalue weighted by Gasteiger charge is -2.09. The van der Waals surface area contributed by atoms with E-state index in [9.17, 15) is 0 Å². The molecule has 1 N–H and O–H groups in total. The van der Waals surface area contributed by atoms with Gasteiger partial charge in [-0.3, -0.25) is 5.43 Å². The van der Waals surface area contributed by atoms with Gasteiger partial charge in [-0.05, 0) is 29.8 Å². The highest BCUT2D eigenvalue weighted by molar-refractivity contribution is 5.83. The fraction of sp³-hybridized carbons (Fsp3) is 0.0526. The van der Waals surface area contributed by atoms with Gasteiger partial charge >= 0.3 is 0 Å². The van der Waals surface area contributed by atoms with E-state index in [1.54, 1.807) is 16.8 Å². The fourth-order valence-electron chi connectivity index (χ4n) is 2.41. The van der Waals surface area contributed by atoms with E-state index < -0.39 is 0 Å². The lowest BCUT2D eigenvalue weighted by molar-refractivity contribution is 0.306. The second-order valence-electron chi connectivity index (χ2n) is 5.53. The third-order valence-electron chi connectivity index (χ3n) is 3.70. The number of anilines is 1. The average molecular weight is 344 g/mol. The number of nitrogens with zero attached hydrogens (tertiary/aromatic N) is 5. The molecule has 0 radical (unpaired) electrons. The van der Waals surface area contributed by atoms with Gasteiger partial charge in [0.2, 0.25) is 0 Å². The monoisotopic (exact) mass is 344 g/mol. The molecule has 0 saturated heterocycles. The molecule has 26 heavy (non-hydrogen) atoms. The van der Waals surface area contributed by atoms with Crippen LogP contribution in [0.1, 0.15) is 11.1 Å². The molecule has 0 fully saturated rings. The highest BCUT2D eigenvalue weighted by Crippen LogP contribution is 2.17. The molecule has 2 aromatic heterocycles. The maximum atomic E-state index is 5.92. The summed E-state index contributed by atoms with van der Waals surface area (Å²) in [6, 6.07) is 21.4. The second kappa shape index (κ2) is 7.43. The Morgan fingerprint density at radius 2 is 1.85 bits per heavy atom. The number of para-hydroxylation sites is 1. The molecule has 128 valence electrons. The van der Waals surface area contributed by atoms with Crippen molar-refractivity contribution in [3.05, 3.63) is 84.2 Å². The molecule has 0 unspecified atom stereocenters. The summed E-state index contributed by atoms with van der Waals surface area (Å²) in [5.74, 6) is 1.36. The van der Waals surface area contributed by atoms with Crippen molar-refractivity contribution < 1.29 is 4.74 Å². The minimum Gasteiger partial charge on any atom is -0.488 e. The van der Waals surface area contributed by atoms with E-state index in [0.717, 1.165) is 16.9 Å². The molecule has 0 aliphatic carbocycles. The molecule has 7 heteroatoms. The SMILES string of the molecule is C(=NNc1ccc2nncn2n1)c1ccccc1OCc1ccccc1. The quantitative estimate of drug-likeness (QED) is 0.429. The van der Waals surface area contributed by atoms with Crippen molar-refractivity contribution in [2.45, 2.75) is 6.61 Å². The average Bonchev–Trinajstić information content (AvgIpc) is 3.16. The van der Waals surface area contributed by atoms with Crippen molar-refractivity contribution in [3.63, 3.8) is 0 Å². The Labute approximate surface area is 150 Å². The largest absolute Gasteiger partial charge is 0.488 e. The van der Waals surface area contributed by atoms with Gasteiger partial charge in [-0.2, -0.15) is 9.62 Å². The van der Waals surface area contributed by atoms with Gasteiger partial charge in [0, 0.05) is 5.56 Å². The summed E-state index contributed by atoms with van der Waals surface area (Å²) in [7, 11) is 0. The third kappa shape index (κ3) is 3.67. The molecule has 4 aromatic rings. The molecule has 4 rings (SSSR count). The van der Waals surface area contributed by atoms with E-state index in [-0.39, 0.29) is 0 Å². The summed E-state index contributed by atoms with van der Waals surface area (Å²) >= 11 is 0. The van der Waals surface area contributed by atoms with Crippen LogP contribution < -0.4 is 10.2 Å². The summed E-state index contributed by atoms with van der Waals surface area (Å²) in [4.78, 5) is 0. The van der Waals surface area contributed by atoms with Gasteiger partial charge < -0.3 is 4.74 Å². The summed E-state index contributed by atoms with van der Waals surface area (Å²) in [6.07, 6.45) is 3.25. The Hall–Kier alpha value is -3.74. The summed E-state index contributed by atoms with van der Waals surface area (Å²) in [5.41, 5.74) is 5.57. The number of fused-ring (bicyclic) bond motifs is 1. The molecule has 0 atom stereocenters. The van der Waals surface area contributed by atoms with Gasteiger partial charge in [0.15, 0.2) is 11.5 Å². The van der Waals surface area contributed by atoms with Gasteiger partial charge in [0.05, 0.1) is 6.21 Å². The summed E-state index contributed by atoms with van der Waals surface area (Å²) < 4.78 is 7.50. The van der Waals surface area contributed by atoms with Crippen molar-refractivity contribution in [2.24, 2.45) is 5.10 Å². The van der Waals surface area contributed by atoms with Crippen LogP contribution in [0.15, 0.2) is 78.2 Å². The number of hydrazone groups is 1. The maximum Gasteiger partial charge on any atom is 0.177 e. The second-order valence-corrected chi connectivity index (χ2v) is 5.53. The van der Waals surface area contributed by atoms with Crippen molar-refractivity contribution in [1.29, 1.82) is 0 Å². The predicted octanol–water partition coefficient (Wildman–Crippen LogP) is 3.15. The zero-order valence-electron chi connectivity index (χ0n) is 13.9. The van der Waals surface area contributed by atoms with Crippen LogP contribution in [0.5, 0.6) is 5.75 Å². The highest BCUT2D eigenvalue weighted by Gasteiger charge is 2.02. The van der Waals surface area contributed by atoms with Crippen LogP contribution in [0.25, 0.3) is 5.65 Å². The Morgan fingerprint density at radius 1 is 1.00 bits per heavy atom. The number of hydrogen-bond acceptors (Lipinski definition) is 6. The van der Waals surface area contributed by atoms with E-state index in [4.69, 9.17) is 4.74 Å². The van der Waals surface area contributed by atoms with E-state index >= 15 is 0 Å². The molecule has 2 aromatic carbocycles. The minimum atomic E-state index is 0.505. The smallest absolute Gasteiger partial charge is 0.177 e. The first kappa shape index (κ1) is 15.8. The predicted molar refractivity (Wildman–Crippen MR) is 99.2 cm³/mol. The maximum absolute atomic E-state index is 5.92. The van der Waals surface area contributed by atoms with Crippen LogP contribution in [0.4, 0.5) is 5.82 Å². The summed E-state index contributed by atoms with van der Waals surface area (Å²) in [5, 5.41) is 16.3. The molecular formula is C19H16N6O. The van der Waals surface area contributed by atoms with Crippen molar-refractivity contribution >= 4 is 17.7 Å². The first-order valence-electron chi connectivity index (χ1n) is 8.10. The van der Waals surface area contributed by atoms with E-state index in [0.29, 0.717) is 18.1 Å². The molecule has 0 bridgehead atoms. The highest BCUT2D eigenvalue weighted by atomic mass is 16.5. The molecule has 0 saturated carbocycles. The first-order valence-corrected chi connectivity index (χ1v) is 8.10. The van der Waals surface area contributed by atoms with E-state index in [1.807, 2.05) is 60.7 Å². The normalized spacial score (nSPS) is 11.1. The molecule has 0 aliphatic heterocycles. The minimum absolute atomic E-state index is 0.505. The Kier molecular flexibility index (Phi) is 4.51. The molecular weight excluding hydrogens is 328 g/mol. The molecule has 0 aliphatic rings. The van der Waals surface area contributed by atoms with Crippen LogP contribution in [0.3, 0.4) is 0 Å². The lowest BCUT2D eigenvalue weighted by atomic mass is 10.2. The first-order chi connectivity index (χ1) is 12.9. The number of rotatable bonds is 6. The molecule has 7 nitrogen and oxygen atoms in total.